The molecule has 2 aromatic heterocycles. The summed E-state index contributed by atoms with van der Waals surface area (Å²) in [4.78, 5) is 17.5. The zero-order valence-electron chi connectivity index (χ0n) is 13.7. The number of rotatable bonds is 7. The Kier molecular flexibility index (Phi) is 6.12. The van der Waals surface area contributed by atoms with Crippen LogP contribution in [0.3, 0.4) is 0 Å². The standard InChI is InChI=1S/C15H23N5O2S/c1-4-12-10(2)23-14(19-12)5-6-16-15(22)17-8-13(21)11-7-18-20(3)9-11/h7,9,13,21H,4-6,8H2,1-3H3,(H2,16,17,22)/t13-/m0/s1. The average molecular weight is 337 g/mol. The third-order valence-electron chi connectivity index (χ3n) is 3.46. The molecule has 2 heterocycles. The largest absolute Gasteiger partial charge is 0.386 e. The smallest absolute Gasteiger partial charge is 0.314 e. The molecule has 0 saturated heterocycles. The van der Waals surface area contributed by atoms with E-state index in [1.54, 1.807) is 35.5 Å². The molecule has 23 heavy (non-hydrogen) atoms. The quantitative estimate of drug-likeness (QED) is 0.710. The van der Waals surface area contributed by atoms with Crippen LogP contribution in [0.25, 0.3) is 0 Å². The summed E-state index contributed by atoms with van der Waals surface area (Å²) in [6.45, 7) is 4.82. The summed E-state index contributed by atoms with van der Waals surface area (Å²) >= 11 is 1.68. The molecule has 2 amide bonds. The second kappa shape index (κ2) is 8.07. The number of nitrogens with one attached hydrogen (secondary N) is 2. The van der Waals surface area contributed by atoms with Gasteiger partial charge in [-0.15, -0.1) is 11.3 Å². The van der Waals surface area contributed by atoms with Gasteiger partial charge in [-0.1, -0.05) is 6.92 Å². The lowest BCUT2D eigenvalue weighted by molar-refractivity contribution is 0.173. The van der Waals surface area contributed by atoms with Crippen molar-refractivity contribution >= 4 is 17.4 Å². The maximum atomic E-state index is 11.7. The van der Waals surface area contributed by atoms with Crippen molar-refractivity contribution in [1.29, 1.82) is 0 Å². The molecule has 7 nitrogen and oxygen atoms in total. The predicted molar refractivity (Wildman–Crippen MR) is 89.5 cm³/mol. The van der Waals surface area contributed by atoms with Gasteiger partial charge >= 0.3 is 6.03 Å². The van der Waals surface area contributed by atoms with Gasteiger partial charge in [0.05, 0.1) is 23.0 Å². The molecule has 1 atom stereocenters. The number of thiazole rings is 1. The zero-order chi connectivity index (χ0) is 16.8. The summed E-state index contributed by atoms with van der Waals surface area (Å²) in [5.41, 5.74) is 1.81. The molecule has 0 aliphatic carbocycles. The van der Waals surface area contributed by atoms with Gasteiger partial charge in [0.2, 0.25) is 0 Å². The molecule has 0 bridgehead atoms. The zero-order valence-corrected chi connectivity index (χ0v) is 14.5. The molecule has 0 saturated carbocycles. The molecule has 8 heteroatoms. The van der Waals surface area contributed by atoms with E-state index in [-0.39, 0.29) is 12.6 Å². The molecule has 0 aliphatic heterocycles. The summed E-state index contributed by atoms with van der Waals surface area (Å²) in [7, 11) is 1.78. The topological polar surface area (TPSA) is 92.1 Å². The minimum atomic E-state index is -0.761. The van der Waals surface area contributed by atoms with Crippen LogP contribution in [-0.4, -0.2) is 39.0 Å². The third kappa shape index (κ3) is 5.04. The van der Waals surface area contributed by atoms with Gasteiger partial charge in [0.1, 0.15) is 0 Å². The molecule has 0 radical (unpaired) electrons. The van der Waals surface area contributed by atoms with E-state index >= 15 is 0 Å². The molecule has 2 rings (SSSR count). The number of urea groups is 1. The van der Waals surface area contributed by atoms with Crippen molar-refractivity contribution in [2.45, 2.75) is 32.8 Å². The highest BCUT2D eigenvalue weighted by atomic mass is 32.1. The van der Waals surface area contributed by atoms with E-state index in [9.17, 15) is 9.90 Å². The Morgan fingerprint density at radius 3 is 2.87 bits per heavy atom. The summed E-state index contributed by atoms with van der Waals surface area (Å²) in [5, 5.41) is 20.4. The van der Waals surface area contributed by atoms with E-state index in [0.717, 1.165) is 17.1 Å². The number of aryl methyl sites for hydroxylation is 3. The van der Waals surface area contributed by atoms with Crippen molar-refractivity contribution < 1.29 is 9.90 Å². The van der Waals surface area contributed by atoms with Gasteiger partial charge in [-0.25, -0.2) is 9.78 Å². The SMILES string of the molecule is CCc1nc(CCNC(=O)NC[C@H](O)c2cnn(C)c2)sc1C. The molecule has 3 N–H and O–H groups in total. The first kappa shape index (κ1) is 17.4. The van der Waals surface area contributed by atoms with Crippen LogP contribution in [0.4, 0.5) is 4.79 Å². The Bertz CT molecular complexity index is 652. The minimum Gasteiger partial charge on any atom is -0.386 e. The Labute approximate surface area is 139 Å². The number of aliphatic hydroxyl groups excluding tert-OH is 1. The average Bonchev–Trinajstić information content (AvgIpc) is 3.10. The van der Waals surface area contributed by atoms with E-state index < -0.39 is 6.10 Å². The lowest BCUT2D eigenvalue weighted by Gasteiger charge is -2.10. The van der Waals surface area contributed by atoms with Gasteiger partial charge in [-0.2, -0.15) is 5.10 Å². The number of hydrogen-bond donors (Lipinski definition) is 3. The van der Waals surface area contributed by atoms with E-state index in [2.05, 4.69) is 34.6 Å². The van der Waals surface area contributed by atoms with Crippen molar-refractivity contribution in [2.75, 3.05) is 13.1 Å². The first-order valence-corrected chi connectivity index (χ1v) is 8.44. The third-order valence-corrected chi connectivity index (χ3v) is 4.53. The van der Waals surface area contributed by atoms with Crippen LogP contribution in [0.5, 0.6) is 0 Å². The van der Waals surface area contributed by atoms with Crippen LogP contribution in [0.15, 0.2) is 12.4 Å². The van der Waals surface area contributed by atoms with Crippen LogP contribution >= 0.6 is 11.3 Å². The number of amides is 2. The maximum absolute atomic E-state index is 11.7. The number of aromatic nitrogens is 3. The molecule has 126 valence electrons. The minimum absolute atomic E-state index is 0.147. The van der Waals surface area contributed by atoms with Gasteiger partial charge in [0, 0.05) is 43.2 Å². The normalized spacial score (nSPS) is 12.2. The number of carbonyl (C=O) groups excluding carboxylic acids is 1. The second-order valence-electron chi connectivity index (χ2n) is 5.31. The number of hydrogen-bond acceptors (Lipinski definition) is 5. The van der Waals surface area contributed by atoms with Crippen molar-refractivity contribution in [2.24, 2.45) is 7.05 Å². The molecule has 0 spiro atoms. The van der Waals surface area contributed by atoms with Crippen LogP contribution < -0.4 is 10.6 Å². The summed E-state index contributed by atoms with van der Waals surface area (Å²) in [6, 6.07) is -0.295. The van der Waals surface area contributed by atoms with E-state index in [4.69, 9.17) is 0 Å². The predicted octanol–water partition coefficient (Wildman–Crippen LogP) is 1.32. The first-order valence-electron chi connectivity index (χ1n) is 7.63. The fourth-order valence-corrected chi connectivity index (χ4v) is 3.21. The van der Waals surface area contributed by atoms with Gasteiger partial charge in [-0.05, 0) is 13.3 Å². The van der Waals surface area contributed by atoms with Gasteiger partial charge in [0.25, 0.3) is 0 Å². The van der Waals surface area contributed by atoms with Crippen molar-refractivity contribution in [1.82, 2.24) is 25.4 Å². The van der Waals surface area contributed by atoms with Crippen LogP contribution in [0.2, 0.25) is 0 Å². The van der Waals surface area contributed by atoms with Crippen LogP contribution in [-0.2, 0) is 19.9 Å². The summed E-state index contributed by atoms with van der Waals surface area (Å²) < 4.78 is 1.61. The van der Waals surface area contributed by atoms with Crippen molar-refractivity contribution in [3.05, 3.63) is 33.5 Å². The molecular formula is C15H23N5O2S. The molecule has 0 aromatic carbocycles. The summed E-state index contributed by atoms with van der Waals surface area (Å²) in [5.74, 6) is 0. The number of nitrogens with zero attached hydrogens (tertiary/aromatic N) is 3. The first-order chi connectivity index (χ1) is 11.0. The lowest BCUT2D eigenvalue weighted by atomic mass is 10.2. The molecule has 0 fully saturated rings. The van der Waals surface area contributed by atoms with Crippen molar-refractivity contribution in [3.63, 3.8) is 0 Å². The highest BCUT2D eigenvalue weighted by Gasteiger charge is 2.11. The van der Waals surface area contributed by atoms with Crippen LogP contribution in [0, 0.1) is 6.92 Å². The van der Waals surface area contributed by atoms with E-state index in [1.807, 2.05) is 0 Å². The number of aliphatic hydroxyl groups is 1. The Morgan fingerprint density at radius 1 is 1.48 bits per heavy atom. The highest BCUT2D eigenvalue weighted by molar-refractivity contribution is 7.11. The maximum Gasteiger partial charge on any atom is 0.314 e. The van der Waals surface area contributed by atoms with Gasteiger partial charge in [0.15, 0.2) is 0 Å². The monoisotopic (exact) mass is 337 g/mol. The van der Waals surface area contributed by atoms with Gasteiger partial charge < -0.3 is 15.7 Å². The molecular weight excluding hydrogens is 314 g/mol. The Morgan fingerprint density at radius 2 is 2.26 bits per heavy atom. The summed E-state index contributed by atoms with van der Waals surface area (Å²) in [6.07, 6.45) is 4.19. The molecule has 0 aliphatic rings. The lowest BCUT2D eigenvalue weighted by Crippen LogP contribution is -2.38. The number of carbonyl (C=O) groups is 1. The Hall–Kier alpha value is -1.93. The van der Waals surface area contributed by atoms with Crippen molar-refractivity contribution in [3.8, 4) is 0 Å². The Balaban J connectivity index is 1.68. The second-order valence-corrected chi connectivity index (χ2v) is 6.60. The fourth-order valence-electron chi connectivity index (χ4n) is 2.19. The molecule has 0 unspecified atom stereocenters. The highest BCUT2D eigenvalue weighted by Crippen LogP contribution is 2.17. The van der Waals surface area contributed by atoms with Gasteiger partial charge in [-0.3, -0.25) is 4.68 Å². The fraction of sp³-hybridized carbons (Fsp3) is 0.533. The van der Waals surface area contributed by atoms with E-state index in [1.165, 1.54) is 4.88 Å². The molecule has 2 aromatic rings. The van der Waals surface area contributed by atoms with Crippen LogP contribution in [0.1, 0.15) is 34.2 Å². The van der Waals surface area contributed by atoms with E-state index in [0.29, 0.717) is 18.5 Å².